The zero-order chi connectivity index (χ0) is 24.4. The van der Waals surface area contributed by atoms with Crippen LogP contribution in [0.2, 0.25) is 0 Å². The number of ether oxygens (including phenoxy) is 1. The van der Waals surface area contributed by atoms with Crippen LogP contribution in [0.15, 0.2) is 77.3 Å². The van der Waals surface area contributed by atoms with Gasteiger partial charge >= 0.3 is 6.09 Å². The van der Waals surface area contributed by atoms with Gasteiger partial charge in [-0.3, -0.25) is 4.79 Å². The first-order valence-corrected chi connectivity index (χ1v) is 11.7. The van der Waals surface area contributed by atoms with E-state index in [-0.39, 0.29) is 18.4 Å². The number of hydrogen-bond donors (Lipinski definition) is 3. The van der Waals surface area contributed by atoms with Crippen molar-refractivity contribution in [1.82, 2.24) is 10.3 Å². The third-order valence-corrected chi connectivity index (χ3v) is 5.90. The van der Waals surface area contributed by atoms with Crippen LogP contribution in [0.3, 0.4) is 0 Å². The molecular weight excluding hydrogens is 442 g/mol. The van der Waals surface area contributed by atoms with Gasteiger partial charge in [-0.1, -0.05) is 50.2 Å². The van der Waals surface area contributed by atoms with Gasteiger partial charge in [0.25, 0.3) is 0 Å². The largest absolute Gasteiger partial charge is 0.456 e. The molecule has 0 saturated heterocycles. The molecule has 0 unspecified atom stereocenters. The van der Waals surface area contributed by atoms with Crippen LogP contribution in [0.1, 0.15) is 19.4 Å². The van der Waals surface area contributed by atoms with Crippen molar-refractivity contribution >= 4 is 50.5 Å². The summed E-state index contributed by atoms with van der Waals surface area (Å²) in [5.74, 6) is -0.149. The van der Waals surface area contributed by atoms with Crippen LogP contribution in [0.5, 0.6) is 0 Å². The Bertz CT molecular complexity index is 1510. The molecule has 0 spiro atoms. The summed E-state index contributed by atoms with van der Waals surface area (Å²) >= 11 is 0. The summed E-state index contributed by atoms with van der Waals surface area (Å²) in [4.78, 5) is 29.0. The van der Waals surface area contributed by atoms with Gasteiger partial charge in [-0.05, 0) is 35.7 Å². The van der Waals surface area contributed by atoms with Gasteiger partial charge in [-0.2, -0.15) is 0 Å². The molecule has 0 radical (unpaired) electrons. The summed E-state index contributed by atoms with van der Waals surface area (Å²) in [6.07, 6.45) is 1.55. The number of benzene rings is 3. The lowest BCUT2D eigenvalue weighted by molar-refractivity contribution is -0.118. The normalized spacial score (nSPS) is 12.3. The SMILES string of the molecule is CC(C)COC(=O)N[C@@H](Cc1c[nH]c2ccccc12)C(=O)Nc1ccc2c(c1)oc1ccccc12. The third-order valence-electron chi connectivity index (χ3n) is 5.90. The van der Waals surface area contributed by atoms with Gasteiger partial charge in [0.2, 0.25) is 5.91 Å². The average molecular weight is 470 g/mol. The fraction of sp³-hybridized carbons (Fsp3) is 0.214. The molecule has 1 atom stereocenters. The van der Waals surface area contributed by atoms with Gasteiger partial charge in [-0.15, -0.1) is 0 Å². The van der Waals surface area contributed by atoms with Crippen LogP contribution < -0.4 is 10.6 Å². The third kappa shape index (κ3) is 4.84. The number of hydrogen-bond acceptors (Lipinski definition) is 4. The Hall–Kier alpha value is -4.26. The molecule has 5 aromatic rings. The summed E-state index contributed by atoms with van der Waals surface area (Å²) < 4.78 is 11.2. The average Bonchev–Trinajstić information content (AvgIpc) is 3.43. The van der Waals surface area contributed by atoms with Crippen LogP contribution in [0.25, 0.3) is 32.8 Å². The second-order valence-corrected chi connectivity index (χ2v) is 9.05. The highest BCUT2D eigenvalue weighted by molar-refractivity contribution is 6.06. The lowest BCUT2D eigenvalue weighted by Crippen LogP contribution is -2.45. The smallest absolute Gasteiger partial charge is 0.407 e. The highest BCUT2D eigenvalue weighted by atomic mass is 16.5. The Labute approximate surface area is 202 Å². The van der Waals surface area contributed by atoms with Crippen molar-refractivity contribution in [3.05, 3.63) is 78.5 Å². The van der Waals surface area contributed by atoms with E-state index in [0.717, 1.165) is 32.8 Å². The maximum Gasteiger partial charge on any atom is 0.407 e. The van der Waals surface area contributed by atoms with Crippen LogP contribution >= 0.6 is 0 Å². The Morgan fingerprint density at radius 1 is 0.943 bits per heavy atom. The Morgan fingerprint density at radius 3 is 2.51 bits per heavy atom. The molecule has 0 fully saturated rings. The summed E-state index contributed by atoms with van der Waals surface area (Å²) in [6, 6.07) is 20.4. The molecule has 0 saturated carbocycles. The predicted octanol–water partition coefficient (Wildman–Crippen LogP) is 6.00. The summed E-state index contributed by atoms with van der Waals surface area (Å²) in [7, 11) is 0. The number of carbonyl (C=O) groups excluding carboxylic acids is 2. The Kier molecular flexibility index (Phi) is 6.14. The number of rotatable bonds is 7. The number of aromatic nitrogens is 1. The first kappa shape index (κ1) is 22.5. The van der Waals surface area contributed by atoms with E-state index in [4.69, 9.17) is 9.15 Å². The molecule has 2 amide bonds. The molecule has 0 aliphatic rings. The molecule has 5 rings (SSSR count). The minimum atomic E-state index is -0.833. The van der Waals surface area contributed by atoms with E-state index in [2.05, 4.69) is 15.6 Å². The number of nitrogens with one attached hydrogen (secondary N) is 3. The van der Waals surface area contributed by atoms with Crippen molar-refractivity contribution in [1.29, 1.82) is 0 Å². The second-order valence-electron chi connectivity index (χ2n) is 9.05. The summed E-state index contributed by atoms with van der Waals surface area (Å²) in [5.41, 5.74) is 3.96. The summed E-state index contributed by atoms with van der Waals surface area (Å²) in [5, 5.41) is 8.68. The second kappa shape index (κ2) is 9.54. The maximum absolute atomic E-state index is 13.3. The minimum Gasteiger partial charge on any atom is -0.456 e. The van der Waals surface area contributed by atoms with Gasteiger partial charge in [0.05, 0.1) is 6.61 Å². The van der Waals surface area contributed by atoms with E-state index in [9.17, 15) is 9.59 Å². The Morgan fingerprint density at radius 2 is 1.69 bits per heavy atom. The van der Waals surface area contributed by atoms with Crippen LogP contribution in [-0.2, 0) is 16.0 Å². The van der Waals surface area contributed by atoms with Gasteiger partial charge in [-0.25, -0.2) is 4.79 Å². The zero-order valence-corrected chi connectivity index (χ0v) is 19.6. The molecule has 0 aliphatic carbocycles. The van der Waals surface area contributed by atoms with E-state index in [1.54, 1.807) is 6.07 Å². The monoisotopic (exact) mass is 469 g/mol. The summed E-state index contributed by atoms with van der Waals surface area (Å²) in [6.45, 7) is 4.19. The van der Waals surface area contributed by atoms with Gasteiger partial charge in [0.1, 0.15) is 17.2 Å². The number of para-hydroxylation sites is 2. The first-order valence-electron chi connectivity index (χ1n) is 11.7. The number of fused-ring (bicyclic) bond motifs is 4. The highest BCUT2D eigenvalue weighted by Gasteiger charge is 2.24. The zero-order valence-electron chi connectivity index (χ0n) is 19.6. The lowest BCUT2D eigenvalue weighted by Gasteiger charge is -2.19. The molecular formula is C28H27N3O4. The van der Waals surface area contributed by atoms with E-state index >= 15 is 0 Å². The van der Waals surface area contributed by atoms with Crippen LogP contribution in [-0.4, -0.2) is 29.6 Å². The molecule has 2 aromatic heterocycles. The van der Waals surface area contributed by atoms with Crippen molar-refractivity contribution in [2.75, 3.05) is 11.9 Å². The van der Waals surface area contributed by atoms with Crippen molar-refractivity contribution in [3.63, 3.8) is 0 Å². The number of alkyl carbamates (subject to hydrolysis) is 1. The number of H-pyrrole nitrogens is 1. The van der Waals surface area contributed by atoms with Gasteiger partial charge < -0.3 is 24.8 Å². The number of carbonyl (C=O) groups is 2. The molecule has 178 valence electrons. The van der Waals surface area contributed by atoms with Crippen molar-refractivity contribution in [2.45, 2.75) is 26.3 Å². The maximum atomic E-state index is 13.3. The standard InChI is InChI=1S/C28H27N3O4/c1-17(2)16-34-28(33)31-24(13-18-15-29-23-9-5-3-7-20(18)23)27(32)30-19-11-12-22-21-8-4-6-10-25(21)35-26(22)14-19/h3-12,14-15,17,24,29H,13,16H2,1-2H3,(H,30,32)(H,31,33)/t24-/m0/s1. The number of aromatic amines is 1. The van der Waals surface area contributed by atoms with Crippen LogP contribution in [0.4, 0.5) is 10.5 Å². The van der Waals surface area contributed by atoms with E-state index in [0.29, 0.717) is 17.7 Å². The van der Waals surface area contributed by atoms with Crippen LogP contribution in [0, 0.1) is 5.92 Å². The quantitative estimate of drug-likeness (QED) is 0.272. The number of anilines is 1. The molecule has 3 aromatic carbocycles. The number of amides is 2. The van der Waals surface area contributed by atoms with E-state index in [1.165, 1.54) is 0 Å². The molecule has 35 heavy (non-hydrogen) atoms. The van der Waals surface area contributed by atoms with Crippen molar-refractivity contribution < 1.29 is 18.7 Å². The van der Waals surface area contributed by atoms with Crippen molar-refractivity contribution in [2.24, 2.45) is 5.92 Å². The fourth-order valence-corrected chi connectivity index (χ4v) is 4.19. The van der Waals surface area contributed by atoms with E-state index < -0.39 is 12.1 Å². The number of furan rings is 1. The highest BCUT2D eigenvalue weighted by Crippen LogP contribution is 2.30. The minimum absolute atomic E-state index is 0.192. The molecule has 2 heterocycles. The first-order chi connectivity index (χ1) is 17.0. The molecule has 0 bridgehead atoms. The fourth-order valence-electron chi connectivity index (χ4n) is 4.19. The Balaban J connectivity index is 1.39. The topological polar surface area (TPSA) is 96.4 Å². The predicted molar refractivity (Wildman–Crippen MR) is 137 cm³/mol. The van der Waals surface area contributed by atoms with Gasteiger partial charge in [0.15, 0.2) is 0 Å². The lowest BCUT2D eigenvalue weighted by atomic mass is 10.0. The molecule has 7 nitrogen and oxygen atoms in total. The van der Waals surface area contributed by atoms with E-state index in [1.807, 2.05) is 80.7 Å². The van der Waals surface area contributed by atoms with Gasteiger partial charge in [0, 0.05) is 46.0 Å². The molecule has 7 heteroatoms. The molecule has 0 aliphatic heterocycles. The molecule has 3 N–H and O–H groups in total. The van der Waals surface area contributed by atoms with Crippen molar-refractivity contribution in [3.8, 4) is 0 Å².